The van der Waals surface area contributed by atoms with Gasteiger partial charge >= 0.3 is 0 Å². The molecular weight excluding hydrogens is 352 g/mol. The molecule has 29 heavy (non-hydrogen) atoms. The van der Waals surface area contributed by atoms with Gasteiger partial charge in [0.1, 0.15) is 6.04 Å². The Morgan fingerprint density at radius 2 is 1.59 bits per heavy atom. The van der Waals surface area contributed by atoms with Crippen LogP contribution in [0.1, 0.15) is 42.9 Å². The van der Waals surface area contributed by atoms with Gasteiger partial charge in [0.25, 0.3) is 5.82 Å². The van der Waals surface area contributed by atoms with Crippen molar-refractivity contribution >= 4 is 11.0 Å². The topological polar surface area (TPSA) is 8.81 Å². The van der Waals surface area contributed by atoms with E-state index in [0.717, 1.165) is 0 Å². The lowest BCUT2D eigenvalue weighted by Crippen LogP contribution is -2.40. The Labute approximate surface area is 173 Å². The predicted molar refractivity (Wildman–Crippen MR) is 121 cm³/mol. The molecule has 0 radical (unpaired) electrons. The van der Waals surface area contributed by atoms with Gasteiger partial charge in [-0.1, -0.05) is 48.0 Å². The van der Waals surface area contributed by atoms with Crippen molar-refractivity contribution in [1.82, 2.24) is 4.57 Å². The first-order valence-corrected chi connectivity index (χ1v) is 10.8. The Kier molecular flexibility index (Phi) is 4.50. The first-order valence-electron chi connectivity index (χ1n) is 10.8. The number of aromatic nitrogens is 2. The van der Waals surface area contributed by atoms with Gasteiger partial charge < -0.3 is 0 Å². The number of nitrogens with zero attached hydrogens (tertiary/aromatic N) is 2. The average molecular weight is 382 g/mol. The predicted octanol–water partition coefficient (Wildman–Crippen LogP) is 6.53. The van der Waals surface area contributed by atoms with Crippen LogP contribution in [0.2, 0.25) is 0 Å². The molecule has 2 heteroatoms. The van der Waals surface area contributed by atoms with Gasteiger partial charge in [-0.05, 0) is 80.5 Å². The van der Waals surface area contributed by atoms with E-state index in [0.29, 0.717) is 6.04 Å². The summed E-state index contributed by atoms with van der Waals surface area (Å²) < 4.78 is 5.06. The molecule has 1 aliphatic carbocycles. The van der Waals surface area contributed by atoms with E-state index in [2.05, 4.69) is 96.8 Å². The molecule has 5 rings (SSSR count). The number of aryl methyl sites for hydroxylation is 3. The van der Waals surface area contributed by atoms with E-state index in [1.165, 1.54) is 70.4 Å². The van der Waals surface area contributed by atoms with E-state index in [4.69, 9.17) is 0 Å². The molecule has 1 saturated carbocycles. The maximum atomic E-state index is 2.64. The number of fused-ring (bicyclic) bond motifs is 1. The van der Waals surface area contributed by atoms with Crippen LogP contribution in [0.3, 0.4) is 0 Å². The number of imidazole rings is 1. The van der Waals surface area contributed by atoms with Crippen molar-refractivity contribution in [1.29, 1.82) is 0 Å². The molecule has 2 nitrogen and oxygen atoms in total. The molecule has 1 heterocycles. The second kappa shape index (κ2) is 7.18. The second-order valence-corrected chi connectivity index (χ2v) is 8.58. The van der Waals surface area contributed by atoms with Crippen LogP contribution in [0.4, 0.5) is 0 Å². The summed E-state index contributed by atoms with van der Waals surface area (Å²) in [4.78, 5) is 0. The summed E-state index contributed by atoms with van der Waals surface area (Å²) in [5.74, 6) is 1.35. The van der Waals surface area contributed by atoms with Gasteiger partial charge in [0.2, 0.25) is 0 Å². The summed E-state index contributed by atoms with van der Waals surface area (Å²) in [6.07, 6.45) is 5.23. The van der Waals surface area contributed by atoms with Gasteiger partial charge in [0.15, 0.2) is 11.0 Å². The first kappa shape index (κ1) is 18.2. The zero-order valence-electron chi connectivity index (χ0n) is 17.7. The van der Waals surface area contributed by atoms with Gasteiger partial charge in [-0.25, -0.2) is 9.13 Å². The van der Waals surface area contributed by atoms with Crippen LogP contribution in [0.15, 0.2) is 66.7 Å². The van der Waals surface area contributed by atoms with Crippen LogP contribution in [0, 0.1) is 13.8 Å². The maximum Gasteiger partial charge on any atom is 0.290 e. The highest BCUT2D eigenvalue weighted by Crippen LogP contribution is 2.34. The van der Waals surface area contributed by atoms with Crippen molar-refractivity contribution in [3.8, 4) is 22.5 Å². The normalized spacial score (nSPS) is 14.7. The van der Waals surface area contributed by atoms with Gasteiger partial charge in [0.05, 0.1) is 12.6 Å². The summed E-state index contributed by atoms with van der Waals surface area (Å²) in [5.41, 5.74) is 9.25. The molecule has 1 aromatic heterocycles. The molecule has 1 fully saturated rings. The number of hydrogen-bond donors (Lipinski definition) is 0. The second-order valence-electron chi connectivity index (χ2n) is 8.58. The van der Waals surface area contributed by atoms with Crippen molar-refractivity contribution in [2.45, 2.75) is 45.6 Å². The molecule has 0 saturated heterocycles. The third kappa shape index (κ3) is 3.07. The van der Waals surface area contributed by atoms with Crippen LogP contribution in [0.5, 0.6) is 0 Å². The van der Waals surface area contributed by atoms with Crippen LogP contribution >= 0.6 is 0 Å². The van der Waals surface area contributed by atoms with Crippen molar-refractivity contribution < 1.29 is 4.57 Å². The van der Waals surface area contributed by atoms with E-state index in [-0.39, 0.29) is 0 Å². The highest BCUT2D eigenvalue weighted by atomic mass is 15.2. The SMILES string of the molecule is Cc1ccc(C)c(-c2n(C)c3cc(-c4ccccc4)ccc3[n+]2C2CCCC2)c1. The lowest BCUT2D eigenvalue weighted by atomic mass is 10.0. The molecule has 4 aromatic rings. The molecule has 3 aromatic carbocycles. The van der Waals surface area contributed by atoms with Gasteiger partial charge in [-0.3, -0.25) is 0 Å². The van der Waals surface area contributed by atoms with Crippen LogP contribution < -0.4 is 4.57 Å². The number of hydrogen-bond acceptors (Lipinski definition) is 0. The van der Waals surface area contributed by atoms with Crippen LogP contribution in [0.25, 0.3) is 33.5 Å². The standard InChI is InChI=1S/C27H29N2/c1-19-13-14-20(2)24(17-19)27-28(3)26-18-22(21-9-5-4-6-10-21)15-16-25(26)29(27)23-11-7-8-12-23/h4-6,9-10,13-18,23H,7-8,11-12H2,1-3H3/q+1. The third-order valence-electron chi connectivity index (χ3n) is 6.57. The van der Waals surface area contributed by atoms with E-state index in [1.807, 2.05) is 0 Å². The Balaban J connectivity index is 1.80. The number of rotatable bonds is 3. The molecule has 0 spiro atoms. The minimum absolute atomic E-state index is 0.594. The minimum Gasteiger partial charge on any atom is -0.226 e. The fraction of sp³-hybridized carbons (Fsp3) is 0.296. The molecule has 1 aliphatic rings. The third-order valence-corrected chi connectivity index (χ3v) is 6.57. The lowest BCUT2D eigenvalue weighted by Gasteiger charge is -2.12. The molecular formula is C27H29N2+. The summed E-state index contributed by atoms with van der Waals surface area (Å²) in [5, 5.41) is 0. The molecule has 0 unspecified atom stereocenters. The highest BCUT2D eigenvalue weighted by molar-refractivity contribution is 5.82. The first-order chi connectivity index (χ1) is 14.1. The number of benzene rings is 3. The van der Waals surface area contributed by atoms with E-state index < -0.39 is 0 Å². The highest BCUT2D eigenvalue weighted by Gasteiger charge is 2.32. The smallest absolute Gasteiger partial charge is 0.226 e. The zero-order chi connectivity index (χ0) is 20.0. The zero-order valence-corrected chi connectivity index (χ0v) is 17.7. The molecule has 0 N–H and O–H groups in total. The Morgan fingerprint density at radius 1 is 0.828 bits per heavy atom. The van der Waals surface area contributed by atoms with Gasteiger partial charge in [-0.2, -0.15) is 0 Å². The van der Waals surface area contributed by atoms with Crippen LogP contribution in [-0.4, -0.2) is 4.57 Å². The van der Waals surface area contributed by atoms with Gasteiger partial charge in [-0.15, -0.1) is 0 Å². The minimum atomic E-state index is 0.594. The summed E-state index contributed by atoms with van der Waals surface area (Å²) in [6, 6.07) is 25.1. The van der Waals surface area contributed by atoms with E-state index in [1.54, 1.807) is 0 Å². The fourth-order valence-electron chi connectivity index (χ4n) is 5.02. The monoisotopic (exact) mass is 381 g/mol. The summed E-state index contributed by atoms with van der Waals surface area (Å²) >= 11 is 0. The van der Waals surface area contributed by atoms with Crippen LogP contribution in [-0.2, 0) is 7.05 Å². The Hall–Kier alpha value is -2.87. The summed E-state index contributed by atoms with van der Waals surface area (Å²) in [6.45, 7) is 4.43. The summed E-state index contributed by atoms with van der Waals surface area (Å²) in [7, 11) is 2.24. The fourth-order valence-corrected chi connectivity index (χ4v) is 5.02. The average Bonchev–Trinajstić information content (AvgIpc) is 3.37. The molecule has 0 aliphatic heterocycles. The molecule has 0 bridgehead atoms. The quantitative estimate of drug-likeness (QED) is 0.357. The lowest BCUT2D eigenvalue weighted by molar-refractivity contribution is -0.687. The maximum absolute atomic E-state index is 2.64. The molecule has 0 atom stereocenters. The largest absolute Gasteiger partial charge is 0.290 e. The van der Waals surface area contributed by atoms with Gasteiger partial charge in [0, 0.05) is 0 Å². The van der Waals surface area contributed by atoms with E-state index in [9.17, 15) is 0 Å². The molecule has 146 valence electrons. The molecule has 0 amide bonds. The van der Waals surface area contributed by atoms with Crippen molar-refractivity contribution in [3.05, 3.63) is 77.9 Å². The Morgan fingerprint density at radius 3 is 2.34 bits per heavy atom. The van der Waals surface area contributed by atoms with E-state index >= 15 is 0 Å². The van der Waals surface area contributed by atoms with Crippen molar-refractivity contribution in [2.75, 3.05) is 0 Å². The van der Waals surface area contributed by atoms with Crippen molar-refractivity contribution in [3.63, 3.8) is 0 Å². The van der Waals surface area contributed by atoms with Crippen molar-refractivity contribution in [2.24, 2.45) is 7.05 Å². The Bertz CT molecular complexity index is 1180.